The molecule has 0 atom stereocenters. The van der Waals surface area contributed by atoms with E-state index in [1.54, 1.807) is 13.2 Å². The number of aromatic nitrogens is 5. The summed E-state index contributed by atoms with van der Waals surface area (Å²) in [6, 6.07) is 11.4. The molecule has 22 heavy (non-hydrogen) atoms. The fraction of sp³-hybridized carbons (Fsp3) is 0.286. The molecule has 0 spiro atoms. The number of hydrogen-bond donors (Lipinski definition) is 1. The van der Waals surface area contributed by atoms with Crippen molar-refractivity contribution >= 4 is 11.5 Å². The Morgan fingerprint density at radius 2 is 2.00 bits per heavy atom. The van der Waals surface area contributed by atoms with Gasteiger partial charge >= 0.3 is 0 Å². The lowest BCUT2D eigenvalue weighted by atomic mass is 10.2. The molecule has 0 amide bonds. The number of benzene rings is 1. The van der Waals surface area contributed by atoms with Crippen molar-refractivity contribution in [2.45, 2.75) is 6.61 Å². The lowest BCUT2D eigenvalue weighted by Gasteiger charge is -2.07. The van der Waals surface area contributed by atoms with E-state index in [0.29, 0.717) is 31.2 Å². The molecule has 0 aliphatic rings. The SMILES string of the molecule is COc1ccc(COCCNc2ccc3nnnn3n2)cc1. The van der Waals surface area contributed by atoms with Gasteiger partial charge in [-0.15, -0.1) is 14.8 Å². The topological polar surface area (TPSA) is 86.5 Å². The largest absolute Gasteiger partial charge is 0.497 e. The second kappa shape index (κ2) is 6.81. The number of ether oxygens (including phenoxy) is 2. The molecular weight excluding hydrogens is 284 g/mol. The Hall–Kier alpha value is -2.74. The van der Waals surface area contributed by atoms with Crippen molar-refractivity contribution in [3.05, 3.63) is 42.0 Å². The van der Waals surface area contributed by atoms with E-state index in [4.69, 9.17) is 9.47 Å². The first kappa shape index (κ1) is 14.2. The number of tetrazole rings is 1. The highest BCUT2D eigenvalue weighted by Crippen LogP contribution is 2.11. The van der Waals surface area contributed by atoms with Crippen LogP contribution in [-0.2, 0) is 11.3 Å². The lowest BCUT2D eigenvalue weighted by molar-refractivity contribution is 0.130. The number of nitrogens with zero attached hydrogens (tertiary/aromatic N) is 5. The summed E-state index contributed by atoms with van der Waals surface area (Å²) in [4.78, 5) is 0. The Kier molecular flexibility index (Phi) is 4.40. The Morgan fingerprint density at radius 1 is 1.14 bits per heavy atom. The van der Waals surface area contributed by atoms with Gasteiger partial charge in [0.25, 0.3) is 0 Å². The van der Waals surface area contributed by atoms with E-state index in [-0.39, 0.29) is 0 Å². The molecule has 0 unspecified atom stereocenters. The molecule has 3 rings (SSSR count). The van der Waals surface area contributed by atoms with Crippen LogP contribution in [0.1, 0.15) is 5.56 Å². The van der Waals surface area contributed by atoms with Crippen LogP contribution in [0.4, 0.5) is 5.82 Å². The van der Waals surface area contributed by atoms with Gasteiger partial charge in [-0.2, -0.15) is 0 Å². The van der Waals surface area contributed by atoms with Crippen LogP contribution in [0.25, 0.3) is 5.65 Å². The average Bonchev–Trinajstić information content (AvgIpc) is 3.03. The first-order chi connectivity index (χ1) is 10.8. The third-order valence-electron chi connectivity index (χ3n) is 3.05. The maximum absolute atomic E-state index is 5.61. The van der Waals surface area contributed by atoms with Crippen LogP contribution in [0, 0.1) is 0 Å². The van der Waals surface area contributed by atoms with Gasteiger partial charge in [-0.25, -0.2) is 0 Å². The second-order valence-corrected chi connectivity index (χ2v) is 4.57. The highest BCUT2D eigenvalue weighted by atomic mass is 16.5. The molecule has 8 heteroatoms. The molecular formula is C14H16N6O2. The Labute approximate surface area is 127 Å². The van der Waals surface area contributed by atoms with E-state index in [1.807, 2.05) is 30.3 Å². The molecule has 1 aromatic carbocycles. The van der Waals surface area contributed by atoms with Gasteiger partial charge in [0.15, 0.2) is 5.65 Å². The fourth-order valence-electron chi connectivity index (χ4n) is 1.91. The van der Waals surface area contributed by atoms with Gasteiger partial charge in [0.05, 0.1) is 20.3 Å². The van der Waals surface area contributed by atoms with E-state index >= 15 is 0 Å². The normalized spacial score (nSPS) is 10.8. The van der Waals surface area contributed by atoms with Crippen LogP contribution in [-0.4, -0.2) is 45.5 Å². The highest BCUT2D eigenvalue weighted by Gasteiger charge is 2.00. The molecule has 2 aromatic heterocycles. The van der Waals surface area contributed by atoms with Crippen LogP contribution in [0.3, 0.4) is 0 Å². The standard InChI is InChI=1S/C14H16N6O2/c1-21-12-4-2-11(3-5-12)10-22-9-8-15-13-6-7-14-16-18-19-20(14)17-13/h2-7H,8-10H2,1H3,(H,15,17). The molecule has 0 saturated carbocycles. The first-order valence-electron chi connectivity index (χ1n) is 6.85. The minimum absolute atomic E-state index is 0.561. The van der Waals surface area contributed by atoms with Gasteiger partial charge in [0, 0.05) is 6.54 Å². The molecule has 0 fully saturated rings. The molecule has 2 heterocycles. The summed E-state index contributed by atoms with van der Waals surface area (Å²) in [6.07, 6.45) is 0. The zero-order valence-electron chi connectivity index (χ0n) is 12.1. The molecule has 0 saturated heterocycles. The van der Waals surface area contributed by atoms with E-state index < -0.39 is 0 Å². The molecule has 114 valence electrons. The Morgan fingerprint density at radius 3 is 2.82 bits per heavy atom. The molecule has 0 radical (unpaired) electrons. The van der Waals surface area contributed by atoms with E-state index in [1.165, 1.54) is 4.63 Å². The third kappa shape index (κ3) is 3.47. The van der Waals surface area contributed by atoms with Crippen molar-refractivity contribution in [2.75, 3.05) is 25.6 Å². The molecule has 0 aliphatic carbocycles. The van der Waals surface area contributed by atoms with Crippen molar-refractivity contribution in [2.24, 2.45) is 0 Å². The summed E-state index contributed by atoms with van der Waals surface area (Å²) >= 11 is 0. The van der Waals surface area contributed by atoms with Gasteiger partial charge in [-0.3, -0.25) is 0 Å². The summed E-state index contributed by atoms with van der Waals surface area (Å²) in [5, 5.41) is 18.4. The van der Waals surface area contributed by atoms with Crippen molar-refractivity contribution in [3.8, 4) is 5.75 Å². The zero-order chi connectivity index (χ0) is 15.2. The van der Waals surface area contributed by atoms with Crippen molar-refractivity contribution < 1.29 is 9.47 Å². The van der Waals surface area contributed by atoms with Gasteiger partial charge in [-0.1, -0.05) is 12.1 Å². The molecule has 8 nitrogen and oxygen atoms in total. The fourth-order valence-corrected chi connectivity index (χ4v) is 1.91. The van der Waals surface area contributed by atoms with E-state index in [2.05, 4.69) is 25.9 Å². The smallest absolute Gasteiger partial charge is 0.200 e. The van der Waals surface area contributed by atoms with E-state index in [9.17, 15) is 0 Å². The van der Waals surface area contributed by atoms with E-state index in [0.717, 1.165) is 11.3 Å². The summed E-state index contributed by atoms with van der Waals surface area (Å²) in [6.45, 7) is 1.78. The van der Waals surface area contributed by atoms with Gasteiger partial charge in [0.1, 0.15) is 11.6 Å². The van der Waals surface area contributed by atoms with Crippen LogP contribution in [0.5, 0.6) is 5.75 Å². The summed E-state index contributed by atoms with van der Waals surface area (Å²) in [5.41, 5.74) is 1.72. The maximum atomic E-state index is 5.61. The predicted octanol–water partition coefficient (Wildman–Crippen LogP) is 1.16. The van der Waals surface area contributed by atoms with Crippen molar-refractivity contribution in [3.63, 3.8) is 0 Å². The number of rotatable bonds is 7. The quantitative estimate of drug-likeness (QED) is 0.655. The van der Waals surface area contributed by atoms with Crippen molar-refractivity contribution in [1.82, 2.24) is 25.3 Å². The summed E-state index contributed by atoms with van der Waals surface area (Å²) in [5.74, 6) is 1.54. The Bertz CT molecular complexity index is 728. The maximum Gasteiger partial charge on any atom is 0.200 e. The van der Waals surface area contributed by atoms with Crippen LogP contribution < -0.4 is 10.1 Å². The lowest BCUT2D eigenvalue weighted by Crippen LogP contribution is -2.11. The number of methoxy groups -OCH3 is 1. The average molecular weight is 300 g/mol. The van der Waals surface area contributed by atoms with Crippen LogP contribution >= 0.6 is 0 Å². The number of nitrogens with one attached hydrogen (secondary N) is 1. The van der Waals surface area contributed by atoms with Gasteiger partial charge < -0.3 is 14.8 Å². The summed E-state index contributed by atoms with van der Waals surface area (Å²) < 4.78 is 12.1. The highest BCUT2D eigenvalue weighted by molar-refractivity contribution is 5.41. The Balaban J connectivity index is 1.41. The monoisotopic (exact) mass is 300 g/mol. The molecule has 1 N–H and O–H groups in total. The van der Waals surface area contributed by atoms with Crippen LogP contribution in [0.2, 0.25) is 0 Å². The minimum Gasteiger partial charge on any atom is -0.497 e. The third-order valence-corrected chi connectivity index (χ3v) is 3.05. The first-order valence-corrected chi connectivity index (χ1v) is 6.85. The molecule has 0 aliphatic heterocycles. The van der Waals surface area contributed by atoms with Crippen molar-refractivity contribution in [1.29, 1.82) is 0 Å². The molecule has 3 aromatic rings. The predicted molar refractivity (Wildman–Crippen MR) is 79.7 cm³/mol. The zero-order valence-corrected chi connectivity index (χ0v) is 12.1. The minimum atomic E-state index is 0.561. The summed E-state index contributed by atoms with van der Waals surface area (Å²) in [7, 11) is 1.65. The number of anilines is 1. The van der Waals surface area contributed by atoms with Gasteiger partial charge in [0.2, 0.25) is 0 Å². The number of hydrogen-bond acceptors (Lipinski definition) is 7. The number of fused-ring (bicyclic) bond motifs is 1. The van der Waals surface area contributed by atoms with Crippen LogP contribution in [0.15, 0.2) is 36.4 Å². The second-order valence-electron chi connectivity index (χ2n) is 4.57. The van der Waals surface area contributed by atoms with Gasteiger partial charge in [-0.05, 0) is 40.3 Å². The molecule has 0 bridgehead atoms.